The van der Waals surface area contributed by atoms with Gasteiger partial charge in [0, 0.05) is 11.2 Å². The van der Waals surface area contributed by atoms with Crippen LogP contribution < -0.4 is 4.90 Å². The quantitative estimate of drug-likeness (QED) is 0.793. The maximum absolute atomic E-state index is 13.1. The van der Waals surface area contributed by atoms with Crippen LogP contribution in [0.3, 0.4) is 0 Å². The molecule has 0 spiro atoms. The van der Waals surface area contributed by atoms with Crippen LogP contribution in [0.1, 0.15) is 5.56 Å². The second-order valence-electron chi connectivity index (χ2n) is 5.63. The van der Waals surface area contributed by atoms with Gasteiger partial charge in [0.2, 0.25) is 0 Å². The monoisotopic (exact) mass is 318 g/mol. The Hall–Kier alpha value is -2.51. The van der Waals surface area contributed by atoms with Crippen LogP contribution in [-0.4, -0.2) is 17.2 Å². The number of hydrogen-bond donors (Lipinski definition) is 0. The van der Waals surface area contributed by atoms with E-state index in [0.717, 1.165) is 16.2 Å². The summed E-state index contributed by atoms with van der Waals surface area (Å²) in [7, 11) is 0. The molecule has 4 rings (SSSR count). The van der Waals surface area contributed by atoms with E-state index in [2.05, 4.69) is 18.2 Å². The number of carbonyl (C=O) groups is 1. The number of para-hydroxylation sites is 1. The van der Waals surface area contributed by atoms with Gasteiger partial charge in [0.05, 0.1) is 16.7 Å². The number of fused-ring (bicyclic) bond motifs is 2. The van der Waals surface area contributed by atoms with E-state index in [1.165, 1.54) is 0 Å². The van der Waals surface area contributed by atoms with Crippen LogP contribution in [0, 0.1) is 17.2 Å². The lowest BCUT2D eigenvalue weighted by Gasteiger charge is -2.30. The largest absolute Gasteiger partial charge is 0.287 e. The molecule has 4 heteroatoms. The molecule has 0 saturated heterocycles. The first-order valence-corrected chi connectivity index (χ1v) is 8.40. The van der Waals surface area contributed by atoms with Gasteiger partial charge in [-0.2, -0.15) is 5.26 Å². The summed E-state index contributed by atoms with van der Waals surface area (Å²) in [5, 5.41) is 9.73. The summed E-state index contributed by atoms with van der Waals surface area (Å²) in [4.78, 5) is 15.4. The number of thioether (sulfide) groups is 1. The van der Waals surface area contributed by atoms with E-state index in [1.807, 2.05) is 48.6 Å². The standard InChI is InChI=1S/C19H14N2OS/c20-12-15-10-9-13-5-1-3-7-16(13)21(15)19(22)18-11-14-6-2-4-8-17(14)23-18/h1-11,14-15,17H. The average Bonchev–Trinajstić information content (AvgIpc) is 3.04. The van der Waals surface area contributed by atoms with E-state index < -0.39 is 6.04 Å². The average molecular weight is 318 g/mol. The first-order chi connectivity index (χ1) is 11.3. The molecule has 112 valence electrons. The number of benzene rings is 1. The summed E-state index contributed by atoms with van der Waals surface area (Å²) >= 11 is 1.58. The van der Waals surface area contributed by atoms with Crippen molar-refractivity contribution in [2.24, 2.45) is 5.92 Å². The molecule has 0 radical (unpaired) electrons. The summed E-state index contributed by atoms with van der Waals surface area (Å²) in [6.07, 6.45) is 14.0. The first kappa shape index (κ1) is 14.1. The fourth-order valence-electron chi connectivity index (χ4n) is 3.09. The normalized spacial score (nSPS) is 27.2. The van der Waals surface area contributed by atoms with Crippen molar-refractivity contribution in [1.29, 1.82) is 5.26 Å². The molecule has 0 fully saturated rings. The minimum absolute atomic E-state index is 0.0884. The number of anilines is 1. The number of nitriles is 1. The van der Waals surface area contributed by atoms with Crippen LogP contribution in [0.2, 0.25) is 0 Å². The molecule has 1 aromatic carbocycles. The van der Waals surface area contributed by atoms with E-state index in [1.54, 1.807) is 22.7 Å². The van der Waals surface area contributed by atoms with Gasteiger partial charge < -0.3 is 0 Å². The fraction of sp³-hybridized carbons (Fsp3) is 0.158. The molecule has 0 aromatic heterocycles. The molecule has 1 aromatic rings. The minimum Gasteiger partial charge on any atom is -0.287 e. The molecule has 3 atom stereocenters. The Kier molecular flexibility index (Phi) is 3.44. The third-order valence-corrected chi connectivity index (χ3v) is 5.53. The molecule has 23 heavy (non-hydrogen) atoms. The second-order valence-corrected chi connectivity index (χ2v) is 6.85. The SMILES string of the molecule is N#CC1C=Cc2ccccc2N1C(=O)C1=CC2C=CC=CC2S1. The number of hydrogen-bond acceptors (Lipinski definition) is 3. The molecule has 1 aliphatic carbocycles. The van der Waals surface area contributed by atoms with Crippen molar-refractivity contribution in [1.82, 2.24) is 0 Å². The lowest BCUT2D eigenvalue weighted by Crippen LogP contribution is -2.40. The van der Waals surface area contributed by atoms with Gasteiger partial charge >= 0.3 is 0 Å². The smallest absolute Gasteiger partial charge is 0.265 e. The van der Waals surface area contributed by atoms with E-state index in [9.17, 15) is 10.1 Å². The summed E-state index contributed by atoms with van der Waals surface area (Å²) in [5.41, 5.74) is 1.77. The molecule has 0 N–H and O–H groups in total. The molecule has 2 aliphatic heterocycles. The van der Waals surface area contributed by atoms with Crippen LogP contribution >= 0.6 is 11.8 Å². The molecule has 0 bridgehead atoms. The zero-order valence-electron chi connectivity index (χ0n) is 12.3. The van der Waals surface area contributed by atoms with Crippen molar-refractivity contribution in [3.05, 3.63) is 71.2 Å². The molecule has 2 heterocycles. The molecule has 3 aliphatic rings. The summed E-state index contributed by atoms with van der Waals surface area (Å²) in [5.74, 6) is 0.176. The highest BCUT2D eigenvalue weighted by Crippen LogP contribution is 2.42. The van der Waals surface area contributed by atoms with E-state index in [4.69, 9.17) is 0 Å². The maximum atomic E-state index is 13.1. The predicted octanol–water partition coefficient (Wildman–Crippen LogP) is 3.68. The summed E-state index contributed by atoms with van der Waals surface area (Å²) in [6.45, 7) is 0. The Labute approximate surface area is 139 Å². The van der Waals surface area contributed by atoms with Gasteiger partial charge in [-0.25, -0.2) is 0 Å². The van der Waals surface area contributed by atoms with Crippen molar-refractivity contribution in [3.63, 3.8) is 0 Å². The van der Waals surface area contributed by atoms with Gasteiger partial charge in [0.15, 0.2) is 0 Å². The Balaban J connectivity index is 1.70. The summed E-state index contributed by atoms with van der Waals surface area (Å²) < 4.78 is 0. The molecule has 0 saturated carbocycles. The van der Waals surface area contributed by atoms with Crippen molar-refractivity contribution < 1.29 is 4.79 Å². The van der Waals surface area contributed by atoms with Crippen LogP contribution in [0.5, 0.6) is 0 Å². The van der Waals surface area contributed by atoms with Crippen molar-refractivity contribution >= 4 is 29.4 Å². The minimum atomic E-state index is -0.562. The molecular weight excluding hydrogens is 304 g/mol. The Morgan fingerprint density at radius 2 is 2.00 bits per heavy atom. The summed E-state index contributed by atoms with van der Waals surface area (Å²) in [6, 6.07) is 9.34. The highest BCUT2D eigenvalue weighted by Gasteiger charge is 2.35. The lowest BCUT2D eigenvalue weighted by atomic mass is 9.99. The van der Waals surface area contributed by atoms with Crippen molar-refractivity contribution in [2.75, 3.05) is 4.90 Å². The molecule has 3 nitrogen and oxygen atoms in total. The lowest BCUT2D eigenvalue weighted by molar-refractivity contribution is -0.114. The zero-order chi connectivity index (χ0) is 15.8. The molecule has 1 amide bonds. The maximum Gasteiger partial charge on any atom is 0.265 e. The van der Waals surface area contributed by atoms with Crippen LogP contribution in [-0.2, 0) is 4.79 Å². The number of allylic oxidation sites excluding steroid dienone is 4. The first-order valence-electron chi connectivity index (χ1n) is 7.52. The number of carbonyl (C=O) groups excluding carboxylic acids is 1. The third-order valence-electron chi connectivity index (χ3n) is 4.23. The van der Waals surface area contributed by atoms with Crippen molar-refractivity contribution in [2.45, 2.75) is 11.3 Å². The second kappa shape index (κ2) is 5.60. The van der Waals surface area contributed by atoms with Gasteiger partial charge in [0.1, 0.15) is 6.04 Å². The van der Waals surface area contributed by atoms with Gasteiger partial charge in [-0.3, -0.25) is 9.69 Å². The van der Waals surface area contributed by atoms with Gasteiger partial charge in [-0.1, -0.05) is 54.7 Å². The number of nitrogens with zero attached hydrogens (tertiary/aromatic N) is 2. The number of rotatable bonds is 1. The van der Waals surface area contributed by atoms with Crippen LogP contribution in [0.4, 0.5) is 5.69 Å². The van der Waals surface area contributed by atoms with Gasteiger partial charge in [-0.15, -0.1) is 11.8 Å². The highest BCUT2D eigenvalue weighted by atomic mass is 32.2. The van der Waals surface area contributed by atoms with Crippen LogP contribution in [0.15, 0.2) is 65.6 Å². The van der Waals surface area contributed by atoms with Gasteiger partial charge in [-0.05, 0) is 17.7 Å². The van der Waals surface area contributed by atoms with E-state index in [-0.39, 0.29) is 17.1 Å². The Bertz CT molecular complexity index is 828. The number of amides is 1. The van der Waals surface area contributed by atoms with Crippen LogP contribution in [0.25, 0.3) is 6.08 Å². The van der Waals surface area contributed by atoms with Gasteiger partial charge in [0.25, 0.3) is 5.91 Å². The van der Waals surface area contributed by atoms with E-state index >= 15 is 0 Å². The molecular formula is C19H14N2OS. The Morgan fingerprint density at radius 3 is 2.83 bits per heavy atom. The van der Waals surface area contributed by atoms with E-state index in [0.29, 0.717) is 0 Å². The third kappa shape index (κ3) is 2.34. The molecule has 3 unspecified atom stereocenters. The van der Waals surface area contributed by atoms with Crippen molar-refractivity contribution in [3.8, 4) is 6.07 Å². The Morgan fingerprint density at radius 1 is 1.17 bits per heavy atom. The predicted molar refractivity (Wildman–Crippen MR) is 93.6 cm³/mol. The topological polar surface area (TPSA) is 44.1 Å². The zero-order valence-corrected chi connectivity index (χ0v) is 13.1. The fourth-order valence-corrected chi connectivity index (χ4v) is 4.31. The highest BCUT2D eigenvalue weighted by molar-refractivity contribution is 8.05.